The van der Waals surface area contributed by atoms with Gasteiger partial charge in [-0.2, -0.15) is 0 Å². The van der Waals surface area contributed by atoms with E-state index in [-0.39, 0.29) is 6.15 Å². The van der Waals surface area contributed by atoms with Gasteiger partial charge in [0.15, 0.2) is 0 Å². The highest BCUT2D eigenvalue weighted by Gasteiger charge is 2.12. The number of rotatable bonds is 2. The number of hydrogen-bond donors (Lipinski definition) is 1. The molecule has 2 aromatic carbocycles. The summed E-state index contributed by atoms with van der Waals surface area (Å²) in [5.41, 5.74) is 3.02. The highest BCUT2D eigenvalue weighted by molar-refractivity contribution is 5.87. The van der Waals surface area contributed by atoms with E-state index in [1.165, 1.54) is 21.9 Å². The first-order valence-corrected chi connectivity index (χ1v) is 6.12. The molecule has 0 aromatic heterocycles. The summed E-state index contributed by atoms with van der Waals surface area (Å²) in [5, 5.41) is 2.78. The van der Waals surface area contributed by atoms with Gasteiger partial charge in [-0.05, 0) is 33.7 Å². The van der Waals surface area contributed by atoms with Gasteiger partial charge in [-0.3, -0.25) is 0 Å². The lowest BCUT2D eigenvalue weighted by molar-refractivity contribution is 0.798. The summed E-state index contributed by atoms with van der Waals surface area (Å²) in [6, 6.07) is 13.2. The maximum Gasteiger partial charge on any atom is -0.0146 e. The molecule has 0 radical (unpaired) electrons. The SMILES string of the molecule is CC(C)c1ccc2ccccc2c1C(C)C.N. The van der Waals surface area contributed by atoms with Crippen molar-refractivity contribution in [1.29, 1.82) is 0 Å². The van der Waals surface area contributed by atoms with Gasteiger partial charge < -0.3 is 6.15 Å². The van der Waals surface area contributed by atoms with Gasteiger partial charge in [0, 0.05) is 0 Å². The van der Waals surface area contributed by atoms with Crippen molar-refractivity contribution in [3.05, 3.63) is 47.5 Å². The maximum atomic E-state index is 2.29. The molecular weight excluding hydrogens is 206 g/mol. The van der Waals surface area contributed by atoms with E-state index in [0.29, 0.717) is 11.8 Å². The Labute approximate surface area is 104 Å². The molecule has 2 rings (SSSR count). The zero-order chi connectivity index (χ0) is 11.7. The van der Waals surface area contributed by atoms with E-state index in [0.717, 1.165) is 0 Å². The molecule has 0 aliphatic carbocycles. The van der Waals surface area contributed by atoms with E-state index in [4.69, 9.17) is 0 Å². The fourth-order valence-electron chi connectivity index (χ4n) is 2.46. The zero-order valence-corrected chi connectivity index (χ0v) is 11.3. The lowest BCUT2D eigenvalue weighted by atomic mass is 9.86. The number of benzene rings is 2. The van der Waals surface area contributed by atoms with Gasteiger partial charge in [-0.15, -0.1) is 0 Å². The summed E-state index contributed by atoms with van der Waals surface area (Å²) < 4.78 is 0. The van der Waals surface area contributed by atoms with Crippen LogP contribution in [0.3, 0.4) is 0 Å². The van der Waals surface area contributed by atoms with E-state index in [1.54, 1.807) is 0 Å². The second-order valence-electron chi connectivity index (χ2n) is 5.10. The third-order valence-electron chi connectivity index (χ3n) is 3.20. The molecule has 1 heteroatoms. The number of fused-ring (bicyclic) bond motifs is 1. The fraction of sp³-hybridized carbons (Fsp3) is 0.375. The van der Waals surface area contributed by atoms with Crippen molar-refractivity contribution in [2.24, 2.45) is 0 Å². The Morgan fingerprint density at radius 1 is 0.765 bits per heavy atom. The third-order valence-corrected chi connectivity index (χ3v) is 3.20. The fourth-order valence-corrected chi connectivity index (χ4v) is 2.46. The molecule has 0 amide bonds. The van der Waals surface area contributed by atoms with Crippen molar-refractivity contribution < 1.29 is 0 Å². The molecule has 3 N–H and O–H groups in total. The molecule has 0 spiro atoms. The van der Waals surface area contributed by atoms with Gasteiger partial charge in [0.2, 0.25) is 0 Å². The molecule has 0 atom stereocenters. The second kappa shape index (κ2) is 5.33. The van der Waals surface area contributed by atoms with Gasteiger partial charge in [-0.25, -0.2) is 0 Å². The lowest BCUT2D eigenvalue weighted by Crippen LogP contribution is -1.99. The van der Waals surface area contributed by atoms with Gasteiger partial charge in [0.1, 0.15) is 0 Å². The van der Waals surface area contributed by atoms with Crippen molar-refractivity contribution in [3.8, 4) is 0 Å². The Hall–Kier alpha value is -1.34. The summed E-state index contributed by atoms with van der Waals surface area (Å²) in [6.07, 6.45) is 0. The summed E-state index contributed by atoms with van der Waals surface area (Å²) in [6.45, 7) is 9.12. The molecule has 0 aliphatic rings. The third kappa shape index (κ3) is 2.50. The molecule has 2 aromatic rings. The first-order chi connectivity index (χ1) is 7.61. The average molecular weight is 229 g/mol. The molecule has 0 saturated heterocycles. The van der Waals surface area contributed by atoms with Crippen LogP contribution < -0.4 is 6.15 Å². The quantitative estimate of drug-likeness (QED) is 0.750. The Morgan fingerprint density at radius 2 is 1.41 bits per heavy atom. The highest BCUT2D eigenvalue weighted by atomic mass is 14.2. The minimum atomic E-state index is 0. The topological polar surface area (TPSA) is 35.0 Å². The molecule has 0 fully saturated rings. The van der Waals surface area contributed by atoms with E-state index in [1.807, 2.05) is 0 Å². The first-order valence-electron chi connectivity index (χ1n) is 6.12. The van der Waals surface area contributed by atoms with E-state index < -0.39 is 0 Å². The van der Waals surface area contributed by atoms with Crippen LogP contribution in [-0.4, -0.2) is 0 Å². The smallest absolute Gasteiger partial charge is 0.0146 e. The van der Waals surface area contributed by atoms with Crippen molar-refractivity contribution in [1.82, 2.24) is 6.15 Å². The molecule has 0 aliphatic heterocycles. The average Bonchev–Trinajstić information content (AvgIpc) is 2.27. The van der Waals surface area contributed by atoms with E-state index in [2.05, 4.69) is 64.1 Å². The second-order valence-corrected chi connectivity index (χ2v) is 5.10. The molecule has 17 heavy (non-hydrogen) atoms. The zero-order valence-electron chi connectivity index (χ0n) is 11.3. The molecule has 0 unspecified atom stereocenters. The minimum Gasteiger partial charge on any atom is -0.344 e. The van der Waals surface area contributed by atoms with Crippen LogP contribution in [0.5, 0.6) is 0 Å². The molecule has 1 nitrogen and oxygen atoms in total. The predicted octanol–water partition coefficient (Wildman–Crippen LogP) is 5.25. The van der Waals surface area contributed by atoms with E-state index >= 15 is 0 Å². The minimum absolute atomic E-state index is 0. The standard InChI is InChI=1S/C16H20.H3N/c1-11(2)14-10-9-13-7-5-6-8-15(13)16(14)12(3)4;/h5-12H,1-4H3;1H3. The molecular formula is C16H23N. The monoisotopic (exact) mass is 229 g/mol. The molecule has 0 heterocycles. The summed E-state index contributed by atoms with van der Waals surface area (Å²) in [7, 11) is 0. The summed E-state index contributed by atoms with van der Waals surface area (Å²) >= 11 is 0. The van der Waals surface area contributed by atoms with E-state index in [9.17, 15) is 0 Å². The Kier molecular flexibility index (Phi) is 4.30. The van der Waals surface area contributed by atoms with Crippen molar-refractivity contribution >= 4 is 10.8 Å². The van der Waals surface area contributed by atoms with Gasteiger partial charge in [0.25, 0.3) is 0 Å². The van der Waals surface area contributed by atoms with Gasteiger partial charge in [0.05, 0.1) is 0 Å². The van der Waals surface area contributed by atoms with Crippen molar-refractivity contribution in [2.75, 3.05) is 0 Å². The predicted molar refractivity (Wildman–Crippen MR) is 77.1 cm³/mol. The molecule has 0 bridgehead atoms. The number of hydrogen-bond acceptors (Lipinski definition) is 1. The normalized spacial score (nSPS) is 10.9. The van der Waals surface area contributed by atoms with Crippen LogP contribution in [0.15, 0.2) is 36.4 Å². The first kappa shape index (κ1) is 13.7. The van der Waals surface area contributed by atoms with Crippen LogP contribution >= 0.6 is 0 Å². The van der Waals surface area contributed by atoms with Crippen LogP contribution in [0.1, 0.15) is 50.7 Å². The largest absolute Gasteiger partial charge is 0.344 e. The molecule has 0 saturated carbocycles. The summed E-state index contributed by atoms with van der Waals surface area (Å²) in [5.74, 6) is 1.19. The van der Waals surface area contributed by atoms with Crippen molar-refractivity contribution in [2.45, 2.75) is 39.5 Å². The summed E-state index contributed by atoms with van der Waals surface area (Å²) in [4.78, 5) is 0. The van der Waals surface area contributed by atoms with Gasteiger partial charge in [-0.1, -0.05) is 64.1 Å². The molecule has 92 valence electrons. The Bertz CT molecular complexity index is 498. The Balaban J connectivity index is 0.00000144. The van der Waals surface area contributed by atoms with Crippen molar-refractivity contribution in [3.63, 3.8) is 0 Å². The highest BCUT2D eigenvalue weighted by Crippen LogP contribution is 2.32. The van der Waals surface area contributed by atoms with Crippen LogP contribution in [0, 0.1) is 0 Å². The Morgan fingerprint density at radius 3 is 2.00 bits per heavy atom. The maximum absolute atomic E-state index is 2.29. The van der Waals surface area contributed by atoms with Crippen LogP contribution in [-0.2, 0) is 0 Å². The van der Waals surface area contributed by atoms with Crippen LogP contribution in [0.25, 0.3) is 10.8 Å². The lowest BCUT2D eigenvalue weighted by Gasteiger charge is -2.18. The van der Waals surface area contributed by atoms with Crippen LogP contribution in [0.4, 0.5) is 0 Å². The van der Waals surface area contributed by atoms with Crippen LogP contribution in [0.2, 0.25) is 0 Å². The van der Waals surface area contributed by atoms with Gasteiger partial charge >= 0.3 is 0 Å².